The van der Waals surface area contributed by atoms with Crippen molar-refractivity contribution in [2.45, 2.75) is 30.8 Å². The van der Waals surface area contributed by atoms with Crippen molar-refractivity contribution in [3.63, 3.8) is 0 Å². The summed E-state index contributed by atoms with van der Waals surface area (Å²) in [6.07, 6.45) is 0.593. The summed E-state index contributed by atoms with van der Waals surface area (Å²) in [4.78, 5) is 14.9. The molecular formula is C20H24N2O4S. The minimum Gasteiger partial charge on any atom is -0.481 e. The van der Waals surface area contributed by atoms with E-state index in [4.69, 9.17) is 4.74 Å². The van der Waals surface area contributed by atoms with Gasteiger partial charge >= 0.3 is 0 Å². The van der Waals surface area contributed by atoms with E-state index in [0.717, 1.165) is 11.3 Å². The summed E-state index contributed by atoms with van der Waals surface area (Å²) < 4.78 is 31.7. The Kier molecular flexibility index (Phi) is 5.53. The van der Waals surface area contributed by atoms with Crippen molar-refractivity contribution in [3.8, 4) is 5.75 Å². The molecule has 2 aromatic carbocycles. The first-order valence-corrected chi connectivity index (χ1v) is 10.4. The van der Waals surface area contributed by atoms with Crippen LogP contribution in [-0.4, -0.2) is 45.4 Å². The zero-order valence-corrected chi connectivity index (χ0v) is 16.6. The first kappa shape index (κ1) is 19.4. The van der Waals surface area contributed by atoms with Gasteiger partial charge in [-0.2, -0.15) is 0 Å². The summed E-state index contributed by atoms with van der Waals surface area (Å²) in [6, 6.07) is 14.2. The molecule has 1 heterocycles. The fourth-order valence-corrected chi connectivity index (χ4v) is 4.08. The average Bonchev–Trinajstić information content (AvgIpc) is 3.09. The molecule has 0 bridgehead atoms. The van der Waals surface area contributed by atoms with Gasteiger partial charge in [0.1, 0.15) is 5.75 Å². The van der Waals surface area contributed by atoms with Gasteiger partial charge in [0.25, 0.3) is 5.91 Å². The topological polar surface area (TPSA) is 66.9 Å². The monoisotopic (exact) mass is 388 g/mol. The highest BCUT2D eigenvalue weighted by molar-refractivity contribution is 7.89. The van der Waals surface area contributed by atoms with Crippen LogP contribution < -0.4 is 9.64 Å². The van der Waals surface area contributed by atoms with Gasteiger partial charge in [0.15, 0.2) is 6.10 Å². The molecule has 3 rings (SSSR count). The number of ether oxygens (including phenoxy) is 1. The van der Waals surface area contributed by atoms with E-state index in [9.17, 15) is 13.2 Å². The van der Waals surface area contributed by atoms with Crippen LogP contribution in [0.2, 0.25) is 0 Å². The minimum absolute atomic E-state index is 0.108. The van der Waals surface area contributed by atoms with Gasteiger partial charge in [0.2, 0.25) is 10.0 Å². The molecule has 1 amide bonds. The second-order valence-electron chi connectivity index (χ2n) is 6.65. The predicted molar refractivity (Wildman–Crippen MR) is 105 cm³/mol. The van der Waals surface area contributed by atoms with Crippen LogP contribution in [0.4, 0.5) is 5.69 Å². The number of sulfonamides is 1. The van der Waals surface area contributed by atoms with E-state index in [1.807, 2.05) is 37.3 Å². The minimum atomic E-state index is -3.49. The molecule has 0 radical (unpaired) electrons. The van der Waals surface area contributed by atoms with Crippen LogP contribution in [0, 0.1) is 0 Å². The second-order valence-corrected chi connectivity index (χ2v) is 8.80. The average molecular weight is 388 g/mol. The third-order valence-corrected chi connectivity index (χ3v) is 6.47. The van der Waals surface area contributed by atoms with Crippen molar-refractivity contribution in [1.82, 2.24) is 4.31 Å². The summed E-state index contributed by atoms with van der Waals surface area (Å²) in [7, 11) is -0.482. The van der Waals surface area contributed by atoms with Crippen LogP contribution in [0.15, 0.2) is 53.4 Å². The SMILES string of the molecule is CC[C@@H](Oc1ccccc1)C(=O)N1CCc2cc(S(=O)(=O)N(C)C)ccc21. The maximum Gasteiger partial charge on any atom is 0.268 e. The normalized spacial score (nSPS) is 14.9. The van der Waals surface area contributed by atoms with Gasteiger partial charge in [0.05, 0.1) is 4.90 Å². The molecule has 2 aromatic rings. The lowest BCUT2D eigenvalue weighted by atomic mass is 10.1. The number of benzene rings is 2. The van der Waals surface area contributed by atoms with E-state index in [2.05, 4.69) is 0 Å². The molecule has 0 unspecified atom stereocenters. The summed E-state index contributed by atoms with van der Waals surface area (Å²) in [5, 5.41) is 0. The molecule has 0 saturated carbocycles. The Morgan fingerprint density at radius 3 is 2.52 bits per heavy atom. The van der Waals surface area contributed by atoms with Crippen molar-refractivity contribution in [3.05, 3.63) is 54.1 Å². The first-order chi connectivity index (χ1) is 12.8. The van der Waals surface area contributed by atoms with Crippen molar-refractivity contribution in [2.24, 2.45) is 0 Å². The van der Waals surface area contributed by atoms with Crippen molar-refractivity contribution in [1.29, 1.82) is 0 Å². The quantitative estimate of drug-likeness (QED) is 0.763. The molecule has 7 heteroatoms. The van der Waals surface area contributed by atoms with Gasteiger partial charge in [-0.1, -0.05) is 25.1 Å². The number of carbonyl (C=O) groups excluding carboxylic acids is 1. The van der Waals surface area contributed by atoms with Gasteiger partial charge in [0, 0.05) is 26.3 Å². The highest BCUT2D eigenvalue weighted by Gasteiger charge is 2.31. The molecule has 0 spiro atoms. The fourth-order valence-electron chi connectivity index (χ4n) is 3.12. The molecule has 6 nitrogen and oxygen atoms in total. The third kappa shape index (κ3) is 3.84. The zero-order chi connectivity index (χ0) is 19.6. The number of nitrogens with zero attached hydrogens (tertiary/aromatic N) is 2. The Bertz CT molecular complexity index is 926. The first-order valence-electron chi connectivity index (χ1n) is 8.93. The highest BCUT2D eigenvalue weighted by Crippen LogP contribution is 2.32. The van der Waals surface area contributed by atoms with Crippen molar-refractivity contribution < 1.29 is 17.9 Å². The molecule has 144 valence electrons. The Morgan fingerprint density at radius 1 is 1.19 bits per heavy atom. The number of rotatable bonds is 6. The molecule has 0 aromatic heterocycles. The lowest BCUT2D eigenvalue weighted by Gasteiger charge is -2.24. The van der Waals surface area contributed by atoms with Crippen molar-refractivity contribution >= 4 is 21.6 Å². The fraction of sp³-hybridized carbons (Fsp3) is 0.350. The molecular weight excluding hydrogens is 364 g/mol. The Morgan fingerprint density at radius 2 is 1.89 bits per heavy atom. The summed E-state index contributed by atoms with van der Waals surface area (Å²) in [5.41, 5.74) is 1.62. The third-order valence-electron chi connectivity index (χ3n) is 4.66. The van der Waals surface area contributed by atoms with Gasteiger partial charge in [-0.3, -0.25) is 4.79 Å². The molecule has 0 N–H and O–H groups in total. The van der Waals surface area contributed by atoms with E-state index in [1.54, 1.807) is 23.1 Å². The highest BCUT2D eigenvalue weighted by atomic mass is 32.2. The maximum atomic E-state index is 13.0. The summed E-state index contributed by atoms with van der Waals surface area (Å²) in [5.74, 6) is 0.549. The molecule has 1 aliphatic rings. The maximum absolute atomic E-state index is 13.0. The van der Waals surface area contributed by atoms with Crippen LogP contribution in [0.5, 0.6) is 5.75 Å². The number of carbonyl (C=O) groups is 1. The van der Waals surface area contributed by atoms with Crippen molar-refractivity contribution in [2.75, 3.05) is 25.5 Å². The largest absolute Gasteiger partial charge is 0.481 e. The van der Waals surface area contributed by atoms with Crippen LogP contribution in [0.25, 0.3) is 0 Å². The zero-order valence-electron chi connectivity index (χ0n) is 15.8. The number of fused-ring (bicyclic) bond motifs is 1. The Hall–Kier alpha value is -2.38. The predicted octanol–water partition coefficient (Wildman–Crippen LogP) is 2.68. The molecule has 0 saturated heterocycles. The summed E-state index contributed by atoms with van der Waals surface area (Å²) >= 11 is 0. The van der Waals surface area contributed by atoms with Gasteiger partial charge in [-0.05, 0) is 48.7 Å². The molecule has 27 heavy (non-hydrogen) atoms. The lowest BCUT2D eigenvalue weighted by Crippen LogP contribution is -2.41. The van der Waals surface area contributed by atoms with E-state index in [-0.39, 0.29) is 10.8 Å². The van der Waals surface area contributed by atoms with Gasteiger partial charge < -0.3 is 9.64 Å². The van der Waals surface area contributed by atoms with E-state index in [1.165, 1.54) is 18.4 Å². The van der Waals surface area contributed by atoms with E-state index >= 15 is 0 Å². The van der Waals surface area contributed by atoms with E-state index in [0.29, 0.717) is 25.1 Å². The number of hydrogen-bond acceptors (Lipinski definition) is 4. The van der Waals surface area contributed by atoms with Crippen LogP contribution in [0.3, 0.4) is 0 Å². The summed E-state index contributed by atoms with van der Waals surface area (Å²) in [6.45, 7) is 2.43. The second kappa shape index (κ2) is 7.70. The number of para-hydroxylation sites is 1. The standard InChI is InChI=1S/C20H24N2O4S/c1-4-19(26-16-8-6-5-7-9-16)20(23)22-13-12-15-14-17(10-11-18(15)22)27(24,25)21(2)3/h5-11,14,19H,4,12-13H2,1-3H3/t19-/m1/s1. The number of anilines is 1. The molecule has 1 atom stereocenters. The van der Waals surface area contributed by atoms with Crippen LogP contribution >= 0.6 is 0 Å². The van der Waals surface area contributed by atoms with Crippen LogP contribution in [0.1, 0.15) is 18.9 Å². The number of amides is 1. The smallest absolute Gasteiger partial charge is 0.268 e. The molecule has 0 fully saturated rings. The Balaban J connectivity index is 1.83. The van der Waals surface area contributed by atoms with Gasteiger partial charge in [-0.15, -0.1) is 0 Å². The number of hydrogen-bond donors (Lipinski definition) is 0. The van der Waals surface area contributed by atoms with E-state index < -0.39 is 16.1 Å². The molecule has 0 aliphatic carbocycles. The lowest BCUT2D eigenvalue weighted by molar-refractivity contribution is -0.125. The Labute approximate surface area is 160 Å². The molecule has 1 aliphatic heterocycles. The van der Waals surface area contributed by atoms with Crippen LogP contribution in [-0.2, 0) is 21.2 Å². The van der Waals surface area contributed by atoms with Gasteiger partial charge in [-0.25, -0.2) is 12.7 Å².